The highest BCUT2D eigenvalue weighted by Gasteiger charge is 1.99. The monoisotopic (exact) mass is 191 g/mol. The summed E-state index contributed by atoms with van der Waals surface area (Å²) in [6.07, 6.45) is 0. The predicted octanol–water partition coefficient (Wildman–Crippen LogP) is 2.41. The van der Waals surface area contributed by atoms with Gasteiger partial charge in [-0.2, -0.15) is 0 Å². The van der Waals surface area contributed by atoms with Gasteiger partial charge in [0.15, 0.2) is 0 Å². The van der Waals surface area contributed by atoms with Crippen LogP contribution in [0.2, 0.25) is 0 Å². The third kappa shape index (κ3) is 1.70. The van der Waals surface area contributed by atoms with E-state index >= 15 is 0 Å². The Morgan fingerprint density at radius 2 is 2.23 bits per heavy atom. The first kappa shape index (κ1) is 8.26. The van der Waals surface area contributed by atoms with E-state index in [1.807, 2.05) is 30.5 Å². The molecule has 0 bridgehead atoms. The van der Waals surface area contributed by atoms with Crippen LogP contribution in [-0.4, -0.2) is 4.98 Å². The first-order valence-electron chi connectivity index (χ1n) is 4.00. The molecule has 0 atom stereocenters. The van der Waals surface area contributed by atoms with Gasteiger partial charge in [-0.3, -0.25) is 4.79 Å². The Balaban J connectivity index is 2.59. The third-order valence-electron chi connectivity index (χ3n) is 1.78. The van der Waals surface area contributed by atoms with E-state index in [0.29, 0.717) is 0 Å². The summed E-state index contributed by atoms with van der Waals surface area (Å²) < 4.78 is 0. The van der Waals surface area contributed by atoms with Crippen LogP contribution in [-0.2, 0) is 0 Å². The highest BCUT2D eigenvalue weighted by molar-refractivity contribution is 7.13. The molecule has 0 fully saturated rings. The van der Waals surface area contributed by atoms with Gasteiger partial charge in [0.2, 0.25) is 5.56 Å². The summed E-state index contributed by atoms with van der Waals surface area (Å²) in [5.74, 6) is 0. The average Bonchev–Trinajstić information content (AvgIpc) is 2.53. The lowest BCUT2D eigenvalue weighted by Crippen LogP contribution is -2.04. The minimum absolute atomic E-state index is 0.0385. The van der Waals surface area contributed by atoms with E-state index < -0.39 is 0 Å². The number of aromatic amines is 1. The van der Waals surface area contributed by atoms with Crippen LogP contribution < -0.4 is 5.56 Å². The van der Waals surface area contributed by atoms with Crippen LogP contribution in [0, 0.1) is 6.92 Å². The molecule has 1 N–H and O–H groups in total. The zero-order valence-electron chi connectivity index (χ0n) is 7.20. The summed E-state index contributed by atoms with van der Waals surface area (Å²) in [5.41, 5.74) is 1.86. The number of hydrogen-bond donors (Lipinski definition) is 1. The summed E-state index contributed by atoms with van der Waals surface area (Å²) in [6, 6.07) is 7.54. The summed E-state index contributed by atoms with van der Waals surface area (Å²) in [4.78, 5) is 15.1. The second-order valence-corrected chi connectivity index (χ2v) is 3.86. The Morgan fingerprint density at radius 1 is 1.38 bits per heavy atom. The molecule has 2 nitrogen and oxygen atoms in total. The van der Waals surface area contributed by atoms with E-state index in [-0.39, 0.29) is 5.56 Å². The van der Waals surface area contributed by atoms with E-state index in [1.165, 1.54) is 0 Å². The molecule has 0 aromatic carbocycles. The maximum atomic E-state index is 11.2. The summed E-state index contributed by atoms with van der Waals surface area (Å²) >= 11 is 1.62. The Kier molecular flexibility index (Phi) is 2.02. The fraction of sp³-hybridized carbons (Fsp3) is 0.100. The summed E-state index contributed by atoms with van der Waals surface area (Å²) in [6.45, 7) is 1.92. The van der Waals surface area contributed by atoms with Crippen LogP contribution >= 0.6 is 11.3 Å². The SMILES string of the molecule is Cc1cc(-c2cccs2)[nH]c(=O)c1. The maximum Gasteiger partial charge on any atom is 0.248 e. The topological polar surface area (TPSA) is 32.9 Å². The van der Waals surface area contributed by atoms with Crippen LogP contribution in [0.15, 0.2) is 34.4 Å². The molecular weight excluding hydrogens is 182 g/mol. The van der Waals surface area contributed by atoms with Gasteiger partial charge in [0.25, 0.3) is 0 Å². The molecule has 3 heteroatoms. The fourth-order valence-corrected chi connectivity index (χ4v) is 1.94. The molecule has 0 aliphatic heterocycles. The van der Waals surface area contributed by atoms with Crippen molar-refractivity contribution in [3.05, 3.63) is 45.6 Å². The van der Waals surface area contributed by atoms with Gasteiger partial charge in [0, 0.05) is 6.07 Å². The van der Waals surface area contributed by atoms with Crippen molar-refractivity contribution in [2.45, 2.75) is 6.92 Å². The summed E-state index contributed by atoms with van der Waals surface area (Å²) in [5, 5.41) is 2.00. The molecule has 2 heterocycles. The average molecular weight is 191 g/mol. The largest absolute Gasteiger partial charge is 0.321 e. The first-order valence-corrected chi connectivity index (χ1v) is 4.88. The molecular formula is C10H9NOS. The second kappa shape index (κ2) is 3.18. The van der Waals surface area contributed by atoms with E-state index in [2.05, 4.69) is 4.98 Å². The number of pyridine rings is 1. The van der Waals surface area contributed by atoms with Gasteiger partial charge in [-0.25, -0.2) is 0 Å². The van der Waals surface area contributed by atoms with Crippen molar-refractivity contribution in [1.82, 2.24) is 4.98 Å². The number of nitrogens with one attached hydrogen (secondary N) is 1. The smallest absolute Gasteiger partial charge is 0.248 e. The zero-order valence-corrected chi connectivity index (χ0v) is 8.02. The van der Waals surface area contributed by atoms with Crippen LogP contribution in [0.3, 0.4) is 0 Å². The maximum absolute atomic E-state index is 11.2. The molecule has 0 unspecified atom stereocenters. The zero-order chi connectivity index (χ0) is 9.26. The van der Waals surface area contributed by atoms with Crippen LogP contribution in [0.25, 0.3) is 10.6 Å². The highest BCUT2D eigenvalue weighted by atomic mass is 32.1. The molecule has 0 saturated heterocycles. The van der Waals surface area contributed by atoms with E-state index in [4.69, 9.17) is 0 Å². The number of H-pyrrole nitrogens is 1. The third-order valence-corrected chi connectivity index (χ3v) is 2.68. The normalized spacial score (nSPS) is 10.2. The standard InChI is InChI=1S/C10H9NOS/c1-7-5-8(11-10(12)6-7)9-3-2-4-13-9/h2-6H,1H3,(H,11,12). The van der Waals surface area contributed by atoms with Gasteiger partial charge in [-0.1, -0.05) is 6.07 Å². The lowest BCUT2D eigenvalue weighted by molar-refractivity contribution is 1.22. The Bertz CT molecular complexity index is 456. The fourth-order valence-electron chi connectivity index (χ4n) is 1.25. The second-order valence-electron chi connectivity index (χ2n) is 2.91. The van der Waals surface area contributed by atoms with Gasteiger partial charge in [-0.15, -0.1) is 11.3 Å². The number of hydrogen-bond acceptors (Lipinski definition) is 2. The van der Waals surface area contributed by atoms with Crippen molar-refractivity contribution < 1.29 is 0 Å². The quantitative estimate of drug-likeness (QED) is 0.737. The van der Waals surface area contributed by atoms with Crippen molar-refractivity contribution in [3.8, 4) is 10.6 Å². The minimum atomic E-state index is -0.0385. The van der Waals surface area contributed by atoms with E-state index in [0.717, 1.165) is 16.1 Å². The Hall–Kier alpha value is -1.35. The number of aromatic nitrogens is 1. The predicted molar refractivity (Wildman–Crippen MR) is 55.1 cm³/mol. The van der Waals surface area contributed by atoms with Gasteiger partial charge < -0.3 is 4.98 Å². The van der Waals surface area contributed by atoms with Gasteiger partial charge in [-0.05, 0) is 30.0 Å². The molecule has 2 aromatic rings. The highest BCUT2D eigenvalue weighted by Crippen LogP contribution is 2.21. The molecule has 2 rings (SSSR count). The molecule has 0 radical (unpaired) electrons. The Labute approximate surface area is 79.9 Å². The number of aryl methyl sites for hydroxylation is 1. The first-order chi connectivity index (χ1) is 6.25. The minimum Gasteiger partial charge on any atom is -0.321 e. The van der Waals surface area contributed by atoms with Crippen molar-refractivity contribution in [2.24, 2.45) is 0 Å². The molecule has 0 spiro atoms. The van der Waals surface area contributed by atoms with Gasteiger partial charge in [0.05, 0.1) is 10.6 Å². The molecule has 0 saturated carbocycles. The molecule has 0 aliphatic carbocycles. The molecule has 2 aromatic heterocycles. The lowest BCUT2D eigenvalue weighted by atomic mass is 10.2. The van der Waals surface area contributed by atoms with Crippen molar-refractivity contribution in [2.75, 3.05) is 0 Å². The van der Waals surface area contributed by atoms with E-state index in [9.17, 15) is 4.79 Å². The number of thiophene rings is 1. The van der Waals surface area contributed by atoms with Gasteiger partial charge in [0.1, 0.15) is 0 Å². The molecule has 0 aliphatic rings. The number of rotatable bonds is 1. The van der Waals surface area contributed by atoms with Crippen molar-refractivity contribution >= 4 is 11.3 Å². The Morgan fingerprint density at radius 3 is 2.85 bits per heavy atom. The van der Waals surface area contributed by atoms with Gasteiger partial charge >= 0.3 is 0 Å². The van der Waals surface area contributed by atoms with Crippen LogP contribution in [0.4, 0.5) is 0 Å². The van der Waals surface area contributed by atoms with Crippen LogP contribution in [0.5, 0.6) is 0 Å². The molecule has 66 valence electrons. The van der Waals surface area contributed by atoms with Crippen molar-refractivity contribution in [1.29, 1.82) is 0 Å². The molecule has 13 heavy (non-hydrogen) atoms. The summed E-state index contributed by atoms with van der Waals surface area (Å²) in [7, 11) is 0. The van der Waals surface area contributed by atoms with Crippen molar-refractivity contribution in [3.63, 3.8) is 0 Å². The van der Waals surface area contributed by atoms with Crippen LogP contribution in [0.1, 0.15) is 5.56 Å². The van der Waals surface area contributed by atoms with E-state index in [1.54, 1.807) is 17.4 Å². The lowest BCUT2D eigenvalue weighted by Gasteiger charge is -1.97. The molecule has 0 amide bonds.